The zero-order valence-corrected chi connectivity index (χ0v) is 16.9. The van der Waals surface area contributed by atoms with E-state index >= 15 is 0 Å². The highest BCUT2D eigenvalue weighted by Crippen LogP contribution is 2.16. The van der Waals surface area contributed by atoms with Gasteiger partial charge >= 0.3 is 0 Å². The van der Waals surface area contributed by atoms with Gasteiger partial charge in [0, 0.05) is 46.3 Å². The van der Waals surface area contributed by atoms with Crippen LogP contribution in [-0.2, 0) is 9.53 Å². The first kappa shape index (κ1) is 20.5. The van der Waals surface area contributed by atoms with Crippen molar-refractivity contribution < 1.29 is 9.53 Å². The van der Waals surface area contributed by atoms with Gasteiger partial charge in [-0.15, -0.1) is 24.0 Å². The third-order valence-electron chi connectivity index (χ3n) is 4.39. The Morgan fingerprint density at radius 3 is 2.78 bits per heavy atom. The van der Waals surface area contributed by atoms with E-state index in [1.165, 1.54) is 12.8 Å². The minimum Gasteiger partial charge on any atom is -0.381 e. The van der Waals surface area contributed by atoms with Crippen molar-refractivity contribution in [2.75, 3.05) is 53.5 Å². The number of nitrogens with one attached hydrogen (secondary N) is 1. The molecule has 2 fully saturated rings. The van der Waals surface area contributed by atoms with Gasteiger partial charge in [0.05, 0.1) is 6.61 Å². The lowest BCUT2D eigenvalue weighted by atomic mass is 10.0. The topological polar surface area (TPSA) is 57.2 Å². The van der Waals surface area contributed by atoms with Crippen LogP contribution in [0.25, 0.3) is 0 Å². The van der Waals surface area contributed by atoms with Crippen LogP contribution in [0, 0.1) is 11.8 Å². The maximum Gasteiger partial charge on any atom is 0.243 e. The number of guanidine groups is 1. The Morgan fingerprint density at radius 2 is 2.17 bits per heavy atom. The summed E-state index contributed by atoms with van der Waals surface area (Å²) in [5.74, 6) is 2.15. The van der Waals surface area contributed by atoms with E-state index in [0.29, 0.717) is 11.8 Å². The van der Waals surface area contributed by atoms with Gasteiger partial charge in [-0.25, -0.2) is 4.99 Å². The number of rotatable bonds is 4. The van der Waals surface area contributed by atoms with E-state index in [-0.39, 0.29) is 36.4 Å². The van der Waals surface area contributed by atoms with Gasteiger partial charge in [0.2, 0.25) is 5.91 Å². The average molecular weight is 438 g/mol. The van der Waals surface area contributed by atoms with E-state index in [4.69, 9.17) is 4.74 Å². The lowest BCUT2D eigenvalue weighted by Crippen LogP contribution is -2.47. The Balaban J connectivity index is 0.00000264. The van der Waals surface area contributed by atoms with Crippen molar-refractivity contribution in [2.45, 2.75) is 26.2 Å². The molecule has 2 atom stereocenters. The van der Waals surface area contributed by atoms with E-state index in [1.807, 2.05) is 0 Å². The van der Waals surface area contributed by atoms with Crippen LogP contribution < -0.4 is 5.32 Å². The summed E-state index contributed by atoms with van der Waals surface area (Å²) < 4.78 is 5.43. The lowest BCUT2D eigenvalue weighted by Gasteiger charge is -2.34. The molecule has 6 nitrogen and oxygen atoms in total. The van der Waals surface area contributed by atoms with Crippen molar-refractivity contribution in [3.05, 3.63) is 0 Å². The predicted octanol–water partition coefficient (Wildman–Crippen LogP) is 1.41. The van der Waals surface area contributed by atoms with E-state index in [1.54, 1.807) is 19.0 Å². The van der Waals surface area contributed by atoms with Gasteiger partial charge in [-0.1, -0.05) is 6.92 Å². The van der Waals surface area contributed by atoms with Crippen molar-refractivity contribution in [3.63, 3.8) is 0 Å². The number of carbonyl (C=O) groups excluding carboxylic acids is 1. The van der Waals surface area contributed by atoms with Gasteiger partial charge < -0.3 is 19.9 Å². The number of ether oxygens (including phenoxy) is 1. The van der Waals surface area contributed by atoms with Crippen molar-refractivity contribution in [1.29, 1.82) is 0 Å². The van der Waals surface area contributed by atoms with Crippen LogP contribution in [0.2, 0.25) is 0 Å². The SMILES string of the molecule is CC1CCCN(C(=NCC(=O)N(C)C)NCC2CCOC2)C1.I. The first-order valence-electron chi connectivity index (χ1n) is 8.37. The smallest absolute Gasteiger partial charge is 0.243 e. The normalized spacial score (nSPS) is 25.0. The third kappa shape index (κ3) is 6.82. The Kier molecular flexibility index (Phi) is 9.19. The van der Waals surface area contributed by atoms with Gasteiger partial charge in [-0.3, -0.25) is 4.79 Å². The second-order valence-electron chi connectivity index (χ2n) is 6.73. The first-order chi connectivity index (χ1) is 10.6. The summed E-state index contributed by atoms with van der Waals surface area (Å²) in [6.07, 6.45) is 3.57. The fourth-order valence-corrected chi connectivity index (χ4v) is 2.91. The number of piperidine rings is 1. The largest absolute Gasteiger partial charge is 0.381 e. The van der Waals surface area contributed by atoms with E-state index in [9.17, 15) is 4.79 Å². The van der Waals surface area contributed by atoms with Crippen LogP contribution in [0.15, 0.2) is 4.99 Å². The fraction of sp³-hybridized carbons (Fsp3) is 0.875. The Hall–Kier alpha value is -0.570. The van der Waals surface area contributed by atoms with Gasteiger partial charge in [0.1, 0.15) is 6.54 Å². The van der Waals surface area contributed by atoms with Gasteiger partial charge in [0.25, 0.3) is 0 Å². The molecular weight excluding hydrogens is 407 g/mol. The van der Waals surface area contributed by atoms with E-state index < -0.39 is 0 Å². The number of likely N-dealkylation sites (tertiary alicyclic amines) is 1. The fourth-order valence-electron chi connectivity index (χ4n) is 2.91. The number of carbonyl (C=O) groups is 1. The van der Waals surface area contributed by atoms with Crippen LogP contribution in [-0.4, -0.2) is 75.2 Å². The molecule has 0 bridgehead atoms. The standard InChI is InChI=1S/C16H30N4O2.HI/c1-13-5-4-7-20(11-13)16(18-10-15(21)19(2)3)17-9-14-6-8-22-12-14;/h13-14H,4-12H2,1-3H3,(H,17,18);1H. The van der Waals surface area contributed by atoms with Gasteiger partial charge in [-0.2, -0.15) is 0 Å². The molecule has 134 valence electrons. The molecule has 1 N–H and O–H groups in total. The van der Waals surface area contributed by atoms with Crippen LogP contribution in [0.4, 0.5) is 0 Å². The predicted molar refractivity (Wildman–Crippen MR) is 103 cm³/mol. The van der Waals surface area contributed by atoms with Crippen molar-refractivity contribution >= 4 is 35.8 Å². The molecule has 0 aliphatic carbocycles. The van der Waals surface area contributed by atoms with Crippen molar-refractivity contribution in [3.8, 4) is 0 Å². The Morgan fingerprint density at radius 1 is 1.39 bits per heavy atom. The average Bonchev–Trinajstić information content (AvgIpc) is 3.00. The third-order valence-corrected chi connectivity index (χ3v) is 4.39. The van der Waals surface area contributed by atoms with Gasteiger partial charge in [-0.05, 0) is 25.2 Å². The van der Waals surface area contributed by atoms with Crippen LogP contribution in [0.1, 0.15) is 26.2 Å². The highest BCUT2D eigenvalue weighted by atomic mass is 127. The quantitative estimate of drug-likeness (QED) is 0.410. The molecule has 2 saturated heterocycles. The molecule has 0 saturated carbocycles. The van der Waals surface area contributed by atoms with Crippen LogP contribution >= 0.6 is 24.0 Å². The molecule has 0 aromatic carbocycles. The van der Waals surface area contributed by atoms with Crippen LogP contribution in [0.3, 0.4) is 0 Å². The van der Waals surface area contributed by atoms with E-state index in [0.717, 1.165) is 45.2 Å². The molecule has 2 aliphatic rings. The molecule has 0 spiro atoms. The summed E-state index contributed by atoms with van der Waals surface area (Å²) >= 11 is 0. The summed E-state index contributed by atoms with van der Waals surface area (Å²) in [6, 6.07) is 0. The number of hydrogen-bond acceptors (Lipinski definition) is 3. The minimum atomic E-state index is 0. The minimum absolute atomic E-state index is 0. The molecule has 7 heteroatoms. The molecule has 0 radical (unpaired) electrons. The maximum atomic E-state index is 11.8. The van der Waals surface area contributed by atoms with E-state index in [2.05, 4.69) is 22.1 Å². The second-order valence-corrected chi connectivity index (χ2v) is 6.73. The number of amides is 1. The summed E-state index contributed by atoms with van der Waals surface area (Å²) in [5.41, 5.74) is 0. The molecule has 0 aromatic heterocycles. The van der Waals surface area contributed by atoms with Crippen molar-refractivity contribution in [1.82, 2.24) is 15.1 Å². The summed E-state index contributed by atoms with van der Waals surface area (Å²) in [7, 11) is 3.54. The number of aliphatic imine (C=N–C) groups is 1. The second kappa shape index (κ2) is 10.3. The summed E-state index contributed by atoms with van der Waals surface area (Å²) in [4.78, 5) is 20.3. The molecule has 1 amide bonds. The number of nitrogens with zero attached hydrogens (tertiary/aromatic N) is 3. The molecule has 2 rings (SSSR count). The maximum absolute atomic E-state index is 11.8. The number of likely N-dealkylation sites (N-methyl/N-ethyl adjacent to an activating group) is 1. The molecular formula is C16H31IN4O2. The Labute approximate surface area is 157 Å². The lowest BCUT2D eigenvalue weighted by molar-refractivity contribution is -0.127. The van der Waals surface area contributed by atoms with Crippen LogP contribution in [0.5, 0.6) is 0 Å². The first-order valence-corrected chi connectivity index (χ1v) is 8.37. The number of hydrogen-bond donors (Lipinski definition) is 1. The monoisotopic (exact) mass is 438 g/mol. The molecule has 23 heavy (non-hydrogen) atoms. The molecule has 2 aliphatic heterocycles. The summed E-state index contributed by atoms with van der Waals surface area (Å²) in [6.45, 7) is 7.09. The summed E-state index contributed by atoms with van der Waals surface area (Å²) in [5, 5.41) is 3.47. The molecule has 0 aromatic rings. The van der Waals surface area contributed by atoms with Crippen molar-refractivity contribution in [2.24, 2.45) is 16.8 Å². The van der Waals surface area contributed by atoms with Gasteiger partial charge in [0.15, 0.2) is 5.96 Å². The molecule has 2 unspecified atom stereocenters. The molecule has 2 heterocycles. The highest BCUT2D eigenvalue weighted by Gasteiger charge is 2.22. The Bertz CT molecular complexity index is 398. The zero-order chi connectivity index (χ0) is 15.9. The zero-order valence-electron chi connectivity index (χ0n) is 14.6. The number of halogens is 1. The highest BCUT2D eigenvalue weighted by molar-refractivity contribution is 14.0.